The van der Waals surface area contributed by atoms with Crippen molar-refractivity contribution in [3.05, 3.63) is 22.4 Å². The molecule has 1 unspecified atom stereocenters. The van der Waals surface area contributed by atoms with E-state index in [1.807, 2.05) is 18.9 Å². The Hall–Kier alpha value is -0.870. The first kappa shape index (κ1) is 13.2. The molecule has 0 aliphatic rings. The highest BCUT2D eigenvalue weighted by molar-refractivity contribution is 7.09. The highest BCUT2D eigenvalue weighted by Crippen LogP contribution is 2.13. The summed E-state index contributed by atoms with van der Waals surface area (Å²) in [6, 6.07) is 4.53. The van der Waals surface area contributed by atoms with Gasteiger partial charge < -0.3 is 4.74 Å². The molecule has 0 radical (unpaired) electrons. The number of carbonyl (C=O) groups is 1. The maximum atomic E-state index is 11.3. The lowest BCUT2D eigenvalue weighted by molar-refractivity contribution is -0.144. The Morgan fingerprint density at radius 2 is 2.38 bits per heavy atom. The van der Waals surface area contributed by atoms with Crippen molar-refractivity contribution in [2.24, 2.45) is 0 Å². The lowest BCUT2D eigenvalue weighted by atomic mass is 10.2. The highest BCUT2D eigenvalue weighted by atomic mass is 32.1. The number of ether oxygens (including phenoxy) is 1. The summed E-state index contributed by atoms with van der Waals surface area (Å²) in [5, 5.41) is 2.08. The molecule has 1 rings (SSSR count). The fourth-order valence-corrected chi connectivity index (χ4v) is 2.27. The molecule has 0 aliphatic carbocycles. The van der Waals surface area contributed by atoms with Crippen LogP contribution in [-0.4, -0.2) is 37.1 Å². The summed E-state index contributed by atoms with van der Waals surface area (Å²) < 4.78 is 4.92. The second kappa shape index (κ2) is 6.66. The predicted molar refractivity (Wildman–Crippen MR) is 66.7 cm³/mol. The van der Waals surface area contributed by atoms with E-state index in [9.17, 15) is 4.79 Å². The minimum absolute atomic E-state index is 0.150. The Bertz CT molecular complexity index is 311. The van der Waals surface area contributed by atoms with Crippen LogP contribution in [0, 0.1) is 0 Å². The molecule has 0 aliphatic heterocycles. The molecule has 0 aromatic carbocycles. The highest BCUT2D eigenvalue weighted by Gasteiger charge is 2.14. The molecule has 4 heteroatoms. The van der Waals surface area contributed by atoms with E-state index < -0.39 is 0 Å². The van der Waals surface area contributed by atoms with Crippen molar-refractivity contribution in [1.82, 2.24) is 4.90 Å². The van der Waals surface area contributed by atoms with Gasteiger partial charge in [0.25, 0.3) is 0 Å². The molecule has 0 bridgehead atoms. The smallest absolute Gasteiger partial charge is 0.320 e. The number of thiophene rings is 1. The molecule has 0 fully saturated rings. The van der Waals surface area contributed by atoms with Gasteiger partial charge in [-0.3, -0.25) is 9.69 Å². The van der Waals surface area contributed by atoms with Gasteiger partial charge in [0.05, 0.1) is 13.2 Å². The number of hydrogen-bond acceptors (Lipinski definition) is 4. The van der Waals surface area contributed by atoms with Crippen LogP contribution in [0.4, 0.5) is 0 Å². The van der Waals surface area contributed by atoms with E-state index in [1.54, 1.807) is 11.3 Å². The minimum atomic E-state index is -0.150. The molecule has 1 heterocycles. The van der Waals surface area contributed by atoms with E-state index in [2.05, 4.69) is 24.4 Å². The summed E-state index contributed by atoms with van der Waals surface area (Å²) in [7, 11) is 1.95. The van der Waals surface area contributed by atoms with Crippen LogP contribution in [0.25, 0.3) is 0 Å². The number of likely N-dealkylation sites (N-methyl/N-ethyl adjacent to an activating group) is 1. The van der Waals surface area contributed by atoms with Crippen molar-refractivity contribution in [3.63, 3.8) is 0 Å². The van der Waals surface area contributed by atoms with E-state index in [-0.39, 0.29) is 5.97 Å². The van der Waals surface area contributed by atoms with E-state index in [1.165, 1.54) is 4.88 Å². The zero-order valence-corrected chi connectivity index (χ0v) is 10.9. The number of nitrogens with zero attached hydrogens (tertiary/aromatic N) is 1. The Morgan fingerprint density at radius 3 is 2.94 bits per heavy atom. The lowest BCUT2D eigenvalue weighted by Gasteiger charge is -2.23. The number of hydrogen-bond donors (Lipinski definition) is 0. The van der Waals surface area contributed by atoms with E-state index in [0.717, 1.165) is 6.42 Å². The summed E-state index contributed by atoms with van der Waals surface area (Å²) in [4.78, 5) is 14.7. The van der Waals surface area contributed by atoms with E-state index >= 15 is 0 Å². The molecular formula is C12H19NO2S. The standard InChI is InChI=1S/C12H19NO2S/c1-4-15-12(14)9-13(3)10(2)8-11-6-5-7-16-11/h5-7,10H,4,8-9H2,1-3H3. The zero-order chi connectivity index (χ0) is 12.0. The van der Waals surface area contributed by atoms with Crippen molar-refractivity contribution >= 4 is 17.3 Å². The van der Waals surface area contributed by atoms with Crippen molar-refractivity contribution < 1.29 is 9.53 Å². The van der Waals surface area contributed by atoms with Crippen molar-refractivity contribution in [1.29, 1.82) is 0 Å². The van der Waals surface area contributed by atoms with Crippen LogP contribution in [0.2, 0.25) is 0 Å². The Morgan fingerprint density at radius 1 is 1.62 bits per heavy atom. The molecule has 0 amide bonds. The summed E-state index contributed by atoms with van der Waals surface area (Å²) >= 11 is 1.75. The molecule has 0 spiro atoms. The zero-order valence-electron chi connectivity index (χ0n) is 10.1. The average Bonchev–Trinajstić information content (AvgIpc) is 2.70. The van der Waals surface area contributed by atoms with Gasteiger partial charge in [-0.15, -0.1) is 11.3 Å². The monoisotopic (exact) mass is 241 g/mol. The van der Waals surface area contributed by atoms with Gasteiger partial charge in [-0.05, 0) is 38.8 Å². The number of esters is 1. The minimum Gasteiger partial charge on any atom is -0.465 e. The second-order valence-corrected chi connectivity index (χ2v) is 4.88. The molecule has 1 aromatic rings. The van der Waals surface area contributed by atoms with Crippen LogP contribution in [0.1, 0.15) is 18.7 Å². The second-order valence-electron chi connectivity index (χ2n) is 3.85. The molecule has 0 N–H and O–H groups in total. The molecule has 3 nitrogen and oxygen atoms in total. The third-order valence-corrected chi connectivity index (χ3v) is 3.41. The SMILES string of the molecule is CCOC(=O)CN(C)C(C)Cc1cccs1. The van der Waals surface area contributed by atoms with Gasteiger partial charge in [0, 0.05) is 10.9 Å². The van der Waals surface area contributed by atoms with Gasteiger partial charge in [0.15, 0.2) is 0 Å². The van der Waals surface area contributed by atoms with Crippen LogP contribution in [0.5, 0.6) is 0 Å². The Labute approximate surface area is 101 Å². The molecular weight excluding hydrogens is 222 g/mol. The van der Waals surface area contributed by atoms with Crippen molar-refractivity contribution in [2.75, 3.05) is 20.2 Å². The Balaban J connectivity index is 2.35. The Kier molecular flexibility index (Phi) is 5.49. The molecule has 0 saturated carbocycles. The van der Waals surface area contributed by atoms with Gasteiger partial charge in [-0.1, -0.05) is 6.07 Å². The lowest BCUT2D eigenvalue weighted by Crippen LogP contribution is -2.35. The first-order valence-corrected chi connectivity index (χ1v) is 6.39. The molecule has 1 aromatic heterocycles. The van der Waals surface area contributed by atoms with E-state index in [4.69, 9.17) is 4.74 Å². The first-order chi connectivity index (χ1) is 7.63. The van der Waals surface area contributed by atoms with Gasteiger partial charge in [0.2, 0.25) is 0 Å². The summed E-state index contributed by atoms with van der Waals surface area (Å²) in [6.07, 6.45) is 0.980. The van der Waals surface area contributed by atoms with Crippen LogP contribution >= 0.6 is 11.3 Å². The van der Waals surface area contributed by atoms with Gasteiger partial charge >= 0.3 is 5.97 Å². The van der Waals surface area contributed by atoms with Gasteiger partial charge in [0.1, 0.15) is 0 Å². The summed E-state index contributed by atoms with van der Waals surface area (Å²) in [6.45, 7) is 4.76. The quantitative estimate of drug-likeness (QED) is 0.715. The van der Waals surface area contributed by atoms with Gasteiger partial charge in [-0.2, -0.15) is 0 Å². The van der Waals surface area contributed by atoms with Crippen LogP contribution in [0.3, 0.4) is 0 Å². The van der Waals surface area contributed by atoms with E-state index in [0.29, 0.717) is 19.2 Å². The summed E-state index contributed by atoms with van der Waals surface area (Å²) in [5.74, 6) is -0.150. The topological polar surface area (TPSA) is 29.5 Å². The summed E-state index contributed by atoms with van der Waals surface area (Å²) in [5.41, 5.74) is 0. The third-order valence-electron chi connectivity index (χ3n) is 2.51. The maximum absolute atomic E-state index is 11.3. The third kappa shape index (κ3) is 4.33. The predicted octanol–water partition coefficient (Wildman–Crippen LogP) is 2.17. The number of carbonyl (C=O) groups excluding carboxylic acids is 1. The maximum Gasteiger partial charge on any atom is 0.320 e. The normalized spacial score (nSPS) is 12.8. The number of rotatable bonds is 6. The molecule has 0 saturated heterocycles. The fraction of sp³-hybridized carbons (Fsp3) is 0.583. The van der Waals surface area contributed by atoms with Crippen LogP contribution in [-0.2, 0) is 16.0 Å². The average molecular weight is 241 g/mol. The first-order valence-electron chi connectivity index (χ1n) is 5.51. The van der Waals surface area contributed by atoms with Gasteiger partial charge in [-0.25, -0.2) is 0 Å². The van der Waals surface area contributed by atoms with Crippen LogP contribution in [0.15, 0.2) is 17.5 Å². The molecule has 90 valence electrons. The van der Waals surface area contributed by atoms with Crippen LogP contribution < -0.4 is 0 Å². The molecule has 16 heavy (non-hydrogen) atoms. The van der Waals surface area contributed by atoms with Crippen molar-refractivity contribution in [3.8, 4) is 0 Å². The van der Waals surface area contributed by atoms with Crippen molar-refractivity contribution in [2.45, 2.75) is 26.3 Å². The fourth-order valence-electron chi connectivity index (χ4n) is 1.44. The largest absolute Gasteiger partial charge is 0.465 e. The molecule has 1 atom stereocenters.